The van der Waals surface area contributed by atoms with Crippen LogP contribution in [0.4, 0.5) is 17.1 Å². The molecule has 1 nitrogen and oxygen atoms in total. The van der Waals surface area contributed by atoms with Gasteiger partial charge in [-0.3, -0.25) is 0 Å². The van der Waals surface area contributed by atoms with Crippen molar-refractivity contribution in [1.29, 1.82) is 0 Å². The molecule has 11 rings (SSSR count). The second-order valence-electron chi connectivity index (χ2n) is 17.3. The van der Waals surface area contributed by atoms with E-state index in [1.807, 2.05) is 0 Å². The van der Waals surface area contributed by atoms with Crippen molar-refractivity contribution in [1.82, 2.24) is 0 Å². The first-order chi connectivity index (χ1) is 28.9. The van der Waals surface area contributed by atoms with Gasteiger partial charge in [-0.2, -0.15) is 0 Å². The van der Waals surface area contributed by atoms with Crippen molar-refractivity contribution in [2.45, 2.75) is 45.4 Å². The molecule has 0 aliphatic heterocycles. The van der Waals surface area contributed by atoms with E-state index in [2.05, 4.69) is 214 Å². The van der Waals surface area contributed by atoms with Crippen molar-refractivity contribution < 1.29 is 0 Å². The summed E-state index contributed by atoms with van der Waals surface area (Å²) in [6.45, 7) is 7.14. The summed E-state index contributed by atoms with van der Waals surface area (Å²) in [4.78, 5) is 2.50. The van der Waals surface area contributed by atoms with Gasteiger partial charge < -0.3 is 4.90 Å². The molecule has 0 radical (unpaired) electrons. The molecule has 284 valence electrons. The zero-order chi connectivity index (χ0) is 39.7. The Balaban J connectivity index is 1.03. The third-order valence-corrected chi connectivity index (χ3v) is 13.2. The van der Waals surface area contributed by atoms with Crippen LogP contribution >= 0.6 is 0 Å². The molecule has 59 heavy (non-hydrogen) atoms. The monoisotopic (exact) mass is 757 g/mol. The Hall–Kier alpha value is -6.70. The molecule has 3 aliphatic rings. The summed E-state index contributed by atoms with van der Waals surface area (Å²) in [5.41, 5.74) is 16.9. The topological polar surface area (TPSA) is 3.24 Å². The maximum atomic E-state index is 2.50. The first kappa shape index (κ1) is 35.5. The second kappa shape index (κ2) is 14.0. The lowest BCUT2D eigenvalue weighted by Gasteiger charge is -2.30. The van der Waals surface area contributed by atoms with E-state index in [0.29, 0.717) is 5.92 Å². The third kappa shape index (κ3) is 5.99. The minimum absolute atomic E-state index is 0.0620. The first-order valence-corrected chi connectivity index (χ1v) is 21.3. The quantitative estimate of drug-likeness (QED) is 0.121. The molecule has 0 aromatic heterocycles. The van der Waals surface area contributed by atoms with E-state index >= 15 is 0 Å². The molecule has 0 saturated heterocycles. The van der Waals surface area contributed by atoms with Crippen molar-refractivity contribution in [3.63, 3.8) is 0 Å². The van der Waals surface area contributed by atoms with Crippen molar-refractivity contribution in [3.05, 3.63) is 209 Å². The van der Waals surface area contributed by atoms with Crippen LogP contribution in [0.25, 0.3) is 67.2 Å². The Bertz CT molecular complexity index is 3110. The van der Waals surface area contributed by atoms with E-state index < -0.39 is 0 Å². The van der Waals surface area contributed by atoms with E-state index in [4.69, 9.17) is 0 Å². The predicted octanol–water partition coefficient (Wildman–Crippen LogP) is 16.1. The van der Waals surface area contributed by atoms with Gasteiger partial charge >= 0.3 is 0 Å². The average molecular weight is 758 g/mol. The Kier molecular flexibility index (Phi) is 8.41. The number of fused-ring (bicyclic) bond motifs is 8. The minimum atomic E-state index is -0.0620. The maximum absolute atomic E-state index is 2.50. The normalized spacial score (nSPS) is 16.6. The fraction of sp³-hybridized carbons (Fsp3) is 0.138. The van der Waals surface area contributed by atoms with Crippen molar-refractivity contribution in [3.8, 4) is 11.1 Å². The molecule has 0 bridgehead atoms. The van der Waals surface area contributed by atoms with Crippen molar-refractivity contribution >= 4 is 73.2 Å². The third-order valence-electron chi connectivity index (χ3n) is 13.2. The fourth-order valence-electron chi connectivity index (χ4n) is 10.2. The smallest absolute Gasteiger partial charge is 0.0539 e. The number of allylic oxidation sites excluding steroid dienone is 5. The Morgan fingerprint density at radius 1 is 0.610 bits per heavy atom. The number of hydrogen-bond donors (Lipinski definition) is 0. The summed E-state index contributed by atoms with van der Waals surface area (Å²) >= 11 is 0. The lowest BCUT2D eigenvalue weighted by atomic mass is 9.79. The van der Waals surface area contributed by atoms with Crippen LogP contribution in [0.15, 0.2) is 175 Å². The molecule has 0 amide bonds. The van der Waals surface area contributed by atoms with E-state index in [9.17, 15) is 0 Å². The predicted molar refractivity (Wildman–Crippen MR) is 255 cm³/mol. The molecule has 1 unspecified atom stereocenters. The summed E-state index contributed by atoms with van der Waals surface area (Å²) in [5, 5.41) is 7.88. The van der Waals surface area contributed by atoms with Gasteiger partial charge in [-0.1, -0.05) is 172 Å². The Morgan fingerprint density at radius 2 is 1.36 bits per heavy atom. The molecule has 1 atom stereocenters. The van der Waals surface area contributed by atoms with Gasteiger partial charge in [0.15, 0.2) is 0 Å². The average Bonchev–Trinajstić information content (AvgIpc) is 3.51. The molecule has 1 heteroatoms. The molecule has 0 saturated carbocycles. The molecular formula is C58H47N. The van der Waals surface area contributed by atoms with E-state index in [0.717, 1.165) is 30.6 Å². The molecule has 3 aliphatic carbocycles. The number of nitrogens with zero attached hydrogens (tertiary/aromatic N) is 1. The fourth-order valence-corrected chi connectivity index (χ4v) is 10.2. The van der Waals surface area contributed by atoms with Gasteiger partial charge in [0.05, 0.1) is 5.69 Å². The summed E-state index contributed by atoms with van der Waals surface area (Å²) in [7, 11) is 0. The molecule has 0 spiro atoms. The van der Waals surface area contributed by atoms with Gasteiger partial charge in [0.25, 0.3) is 0 Å². The standard InChI is InChI=1S/C58H47N/c1-38-21-34-52-51(35-38)57-53(58(52,2)3)19-10-20-54(57)59(49-17-9-16-46(37-49)47-31-26-40-11-4-5-13-45(40)36-47)48-32-23-39(24-33-48)22-25-42-14-8-15-43-29-30-44-28-27-41-12-6-7-18-50(41)56(44)55(42)43/h4-6,8-17,19-34,36-38H,7,18,35H2,1-3H3. The van der Waals surface area contributed by atoms with Crippen LogP contribution in [0.2, 0.25) is 0 Å². The highest BCUT2D eigenvalue weighted by Crippen LogP contribution is 2.55. The number of rotatable bonds is 6. The molecule has 8 aromatic carbocycles. The minimum Gasteiger partial charge on any atom is -0.310 e. The zero-order valence-corrected chi connectivity index (χ0v) is 34.0. The Morgan fingerprint density at radius 3 is 2.24 bits per heavy atom. The largest absolute Gasteiger partial charge is 0.310 e. The summed E-state index contributed by atoms with van der Waals surface area (Å²) < 4.78 is 0. The summed E-state index contributed by atoms with van der Waals surface area (Å²) in [5.74, 6) is 0.501. The van der Waals surface area contributed by atoms with Gasteiger partial charge in [-0.25, -0.2) is 0 Å². The van der Waals surface area contributed by atoms with E-state index in [1.54, 1.807) is 0 Å². The van der Waals surface area contributed by atoms with Crippen LogP contribution in [-0.4, -0.2) is 0 Å². The molecular weight excluding hydrogens is 711 g/mol. The Labute approximate surface area is 348 Å². The highest BCUT2D eigenvalue weighted by Gasteiger charge is 2.40. The van der Waals surface area contributed by atoms with Gasteiger partial charge in [0, 0.05) is 22.4 Å². The van der Waals surface area contributed by atoms with Gasteiger partial charge in [-0.15, -0.1) is 0 Å². The molecule has 0 fully saturated rings. The lowest BCUT2D eigenvalue weighted by Crippen LogP contribution is -2.17. The van der Waals surface area contributed by atoms with Crippen molar-refractivity contribution in [2.75, 3.05) is 4.90 Å². The highest BCUT2D eigenvalue weighted by molar-refractivity contribution is 6.14. The van der Waals surface area contributed by atoms with Crippen LogP contribution in [0, 0.1) is 5.92 Å². The SMILES string of the molecule is CC1C=CC2=C(C1)c1c(N(c3ccc(C=Cc4cccc5ccc6ccc7c(c6c45)CCC=C7)cc3)c3cccc(-c4ccc5ccccc5c4)c3)cccc1C2(C)C. The lowest BCUT2D eigenvalue weighted by molar-refractivity contribution is 0.643. The van der Waals surface area contributed by atoms with E-state index in [-0.39, 0.29) is 5.41 Å². The van der Waals surface area contributed by atoms with Crippen LogP contribution < -0.4 is 4.90 Å². The number of aryl methyl sites for hydroxylation is 1. The molecule has 0 N–H and O–H groups in total. The van der Waals surface area contributed by atoms with Crippen LogP contribution in [0.1, 0.15) is 67.0 Å². The first-order valence-electron chi connectivity index (χ1n) is 21.3. The number of hydrogen-bond acceptors (Lipinski definition) is 1. The van der Waals surface area contributed by atoms with Crippen molar-refractivity contribution in [2.24, 2.45) is 5.92 Å². The molecule has 0 heterocycles. The highest BCUT2D eigenvalue weighted by atomic mass is 15.1. The number of anilines is 3. The van der Waals surface area contributed by atoms with Crippen LogP contribution in [0.5, 0.6) is 0 Å². The van der Waals surface area contributed by atoms with Crippen LogP contribution in [0.3, 0.4) is 0 Å². The van der Waals surface area contributed by atoms with Crippen LogP contribution in [-0.2, 0) is 11.8 Å². The van der Waals surface area contributed by atoms with Gasteiger partial charge in [-0.05, 0) is 144 Å². The maximum Gasteiger partial charge on any atom is 0.0539 e. The zero-order valence-electron chi connectivity index (χ0n) is 34.0. The van der Waals surface area contributed by atoms with Gasteiger partial charge in [0.1, 0.15) is 0 Å². The second-order valence-corrected chi connectivity index (χ2v) is 17.3. The number of benzene rings is 8. The summed E-state index contributed by atoms with van der Waals surface area (Å²) in [6.07, 6.45) is 17.2. The molecule has 8 aromatic rings. The van der Waals surface area contributed by atoms with Gasteiger partial charge in [0.2, 0.25) is 0 Å². The summed E-state index contributed by atoms with van der Waals surface area (Å²) in [6, 6.07) is 56.6. The van der Waals surface area contributed by atoms with E-state index in [1.165, 1.54) is 93.7 Å².